The van der Waals surface area contributed by atoms with Gasteiger partial charge < -0.3 is 9.94 Å². The van der Waals surface area contributed by atoms with Gasteiger partial charge in [0.2, 0.25) is 0 Å². The van der Waals surface area contributed by atoms with E-state index in [-0.39, 0.29) is 11.0 Å². The summed E-state index contributed by atoms with van der Waals surface area (Å²) >= 11 is 5.71. The number of hydrogen-bond acceptors (Lipinski definition) is 3. The van der Waals surface area contributed by atoms with Gasteiger partial charge >= 0.3 is 5.88 Å². The van der Waals surface area contributed by atoms with Crippen LogP contribution in [0.4, 0.5) is 0 Å². The average Bonchev–Trinajstić information content (AvgIpc) is 3.23. The number of aryl methyl sites for hydroxylation is 2. The van der Waals surface area contributed by atoms with Gasteiger partial charge in [-0.1, -0.05) is 17.7 Å². The maximum absolute atomic E-state index is 11.8. The summed E-state index contributed by atoms with van der Waals surface area (Å²) in [6.45, 7) is 6.17. The summed E-state index contributed by atoms with van der Waals surface area (Å²) in [6, 6.07) is 5.29. The second-order valence-electron chi connectivity index (χ2n) is 5.62. The highest BCUT2D eigenvalue weighted by Crippen LogP contribution is 2.48. The van der Waals surface area contributed by atoms with Crippen LogP contribution in [0, 0.1) is 26.0 Å². The van der Waals surface area contributed by atoms with Crippen LogP contribution < -0.4 is 9.58 Å². The van der Waals surface area contributed by atoms with E-state index in [1.165, 1.54) is 24.0 Å². The third-order valence-electron chi connectivity index (χ3n) is 3.97. The fourth-order valence-electron chi connectivity index (χ4n) is 2.63. The molecule has 0 amide bonds. The van der Waals surface area contributed by atoms with E-state index in [9.17, 15) is 5.21 Å². The second kappa shape index (κ2) is 5.19. The van der Waals surface area contributed by atoms with Crippen LogP contribution in [0.1, 0.15) is 41.0 Å². The van der Waals surface area contributed by atoms with E-state index < -0.39 is 0 Å². The van der Waals surface area contributed by atoms with Gasteiger partial charge in [0.15, 0.2) is 5.15 Å². The van der Waals surface area contributed by atoms with Gasteiger partial charge in [-0.3, -0.25) is 0 Å². The average molecular weight is 305 g/mol. The molecule has 0 atom stereocenters. The Balaban J connectivity index is 2.08. The zero-order valence-electron chi connectivity index (χ0n) is 12.3. The minimum Gasteiger partial charge on any atom is -0.591 e. The van der Waals surface area contributed by atoms with Crippen molar-refractivity contribution >= 4 is 11.6 Å². The van der Waals surface area contributed by atoms with Crippen molar-refractivity contribution in [3.05, 3.63) is 50.8 Å². The number of rotatable bonds is 3. The summed E-state index contributed by atoms with van der Waals surface area (Å²) in [5, 5.41) is 15.6. The van der Waals surface area contributed by atoms with Crippen molar-refractivity contribution in [1.29, 1.82) is 0 Å². The Morgan fingerprint density at radius 1 is 1.24 bits per heavy atom. The molecular formula is C16H17ClN2O2. The highest BCUT2D eigenvalue weighted by atomic mass is 35.5. The molecule has 21 heavy (non-hydrogen) atoms. The predicted octanol–water partition coefficient (Wildman–Crippen LogP) is 3.96. The number of benzene rings is 1. The molecule has 1 aromatic heterocycles. The molecular weight excluding hydrogens is 288 g/mol. The van der Waals surface area contributed by atoms with Crippen LogP contribution in [0.2, 0.25) is 5.15 Å². The van der Waals surface area contributed by atoms with Crippen molar-refractivity contribution in [2.75, 3.05) is 0 Å². The minimum atomic E-state index is 0.148. The number of halogens is 1. The van der Waals surface area contributed by atoms with Crippen LogP contribution >= 0.6 is 11.6 Å². The van der Waals surface area contributed by atoms with Gasteiger partial charge in [-0.2, -0.15) is 0 Å². The van der Waals surface area contributed by atoms with E-state index >= 15 is 0 Å². The summed E-state index contributed by atoms with van der Waals surface area (Å²) in [4.78, 5) is 0.427. The first-order chi connectivity index (χ1) is 9.97. The third kappa shape index (κ3) is 2.68. The molecule has 1 aliphatic rings. The van der Waals surface area contributed by atoms with Crippen molar-refractivity contribution in [2.45, 2.75) is 39.5 Å². The van der Waals surface area contributed by atoms with Crippen molar-refractivity contribution in [3.8, 4) is 11.6 Å². The van der Waals surface area contributed by atoms with E-state index in [2.05, 4.69) is 25.0 Å². The van der Waals surface area contributed by atoms with Crippen LogP contribution in [0.3, 0.4) is 0 Å². The largest absolute Gasteiger partial charge is 0.591 e. The van der Waals surface area contributed by atoms with Gasteiger partial charge in [0.05, 0.1) is 6.07 Å². The standard InChI is InChI=1S/C16H17ClN2O2/c1-9-8-10(2)15(12-4-5-12)16(11(9)3)21-14-7-6-13(17)18-19(14)20/h6-8,12H,4-5H2,1-3H3. The van der Waals surface area contributed by atoms with E-state index in [0.29, 0.717) is 10.8 Å². The Hall–Kier alpha value is -1.81. The summed E-state index contributed by atoms with van der Waals surface area (Å²) in [7, 11) is 0. The Bertz CT molecular complexity index is 712. The quantitative estimate of drug-likeness (QED) is 0.637. The van der Waals surface area contributed by atoms with Crippen LogP contribution in [0.5, 0.6) is 11.6 Å². The molecule has 0 N–H and O–H groups in total. The zero-order valence-corrected chi connectivity index (χ0v) is 13.1. The maximum Gasteiger partial charge on any atom is 0.411 e. The smallest absolute Gasteiger partial charge is 0.411 e. The predicted molar refractivity (Wildman–Crippen MR) is 80.9 cm³/mol. The topological polar surface area (TPSA) is 49.1 Å². The minimum absolute atomic E-state index is 0.148. The number of nitrogens with zero attached hydrogens (tertiary/aromatic N) is 2. The van der Waals surface area contributed by atoms with Crippen LogP contribution in [0.25, 0.3) is 0 Å². The lowest BCUT2D eigenvalue weighted by atomic mass is 9.96. The Morgan fingerprint density at radius 3 is 2.57 bits per heavy atom. The highest BCUT2D eigenvalue weighted by molar-refractivity contribution is 6.29. The maximum atomic E-state index is 11.8. The van der Waals surface area contributed by atoms with Gasteiger partial charge in [0.1, 0.15) is 5.75 Å². The molecule has 0 unspecified atom stereocenters. The van der Waals surface area contributed by atoms with E-state index in [0.717, 1.165) is 16.9 Å². The van der Waals surface area contributed by atoms with E-state index in [4.69, 9.17) is 16.3 Å². The zero-order chi connectivity index (χ0) is 15.1. The molecule has 1 heterocycles. The van der Waals surface area contributed by atoms with Gasteiger partial charge in [0.25, 0.3) is 0 Å². The van der Waals surface area contributed by atoms with E-state index in [1.54, 1.807) is 12.1 Å². The van der Waals surface area contributed by atoms with Gasteiger partial charge in [-0.25, -0.2) is 0 Å². The fourth-order valence-corrected chi connectivity index (χ4v) is 2.76. The molecule has 1 aromatic carbocycles. The first-order valence-electron chi connectivity index (χ1n) is 7.02. The first kappa shape index (κ1) is 14.1. The molecule has 0 bridgehead atoms. The first-order valence-corrected chi connectivity index (χ1v) is 7.40. The van der Waals surface area contributed by atoms with Crippen molar-refractivity contribution in [3.63, 3.8) is 0 Å². The molecule has 0 saturated heterocycles. The molecule has 1 aliphatic carbocycles. The molecule has 110 valence electrons. The molecule has 3 rings (SSSR count). The normalized spacial score (nSPS) is 14.3. The van der Waals surface area contributed by atoms with Gasteiger partial charge in [-0.05, 0) is 67.1 Å². The fraction of sp³-hybridized carbons (Fsp3) is 0.375. The van der Waals surface area contributed by atoms with Crippen molar-refractivity contribution in [1.82, 2.24) is 5.10 Å². The summed E-state index contributed by atoms with van der Waals surface area (Å²) < 4.78 is 5.92. The Kier molecular flexibility index (Phi) is 3.49. The lowest BCUT2D eigenvalue weighted by Crippen LogP contribution is -2.32. The molecule has 2 aromatic rings. The van der Waals surface area contributed by atoms with Crippen molar-refractivity contribution in [2.24, 2.45) is 0 Å². The Labute approximate surface area is 128 Å². The molecule has 0 spiro atoms. The number of aromatic nitrogens is 2. The van der Waals surface area contributed by atoms with E-state index in [1.807, 2.05) is 6.92 Å². The lowest BCUT2D eigenvalue weighted by molar-refractivity contribution is -0.673. The molecule has 5 heteroatoms. The van der Waals surface area contributed by atoms with Crippen LogP contribution in [-0.2, 0) is 0 Å². The summed E-state index contributed by atoms with van der Waals surface area (Å²) in [5.41, 5.74) is 4.66. The lowest BCUT2D eigenvalue weighted by Gasteiger charge is -2.16. The highest BCUT2D eigenvalue weighted by Gasteiger charge is 2.31. The summed E-state index contributed by atoms with van der Waals surface area (Å²) in [5.74, 6) is 1.48. The monoisotopic (exact) mass is 304 g/mol. The van der Waals surface area contributed by atoms with Crippen molar-refractivity contribution < 1.29 is 9.58 Å². The van der Waals surface area contributed by atoms with Crippen LogP contribution in [0.15, 0.2) is 18.2 Å². The number of hydrogen-bond donors (Lipinski definition) is 0. The molecule has 1 fully saturated rings. The molecule has 4 nitrogen and oxygen atoms in total. The van der Waals surface area contributed by atoms with Crippen LogP contribution in [-0.4, -0.2) is 5.10 Å². The summed E-state index contributed by atoms with van der Waals surface area (Å²) in [6.07, 6.45) is 2.35. The SMILES string of the molecule is Cc1cc(C)c(C2CC2)c(Oc2ccc(Cl)n[n+]2[O-])c1C. The molecule has 0 radical (unpaired) electrons. The van der Waals surface area contributed by atoms with Gasteiger partial charge in [0, 0.05) is 10.7 Å². The Morgan fingerprint density at radius 2 is 1.95 bits per heavy atom. The molecule has 1 saturated carbocycles. The third-order valence-corrected chi connectivity index (χ3v) is 4.17. The second-order valence-corrected chi connectivity index (χ2v) is 6.01. The molecule has 0 aliphatic heterocycles. The number of ether oxygens (including phenoxy) is 1. The van der Waals surface area contributed by atoms with Gasteiger partial charge in [-0.15, -0.1) is 0 Å².